The van der Waals surface area contributed by atoms with E-state index < -0.39 is 0 Å². The van der Waals surface area contributed by atoms with Crippen molar-refractivity contribution in [3.8, 4) is 0 Å². The molecule has 1 saturated carbocycles. The molecule has 1 spiro atoms. The van der Waals surface area contributed by atoms with Gasteiger partial charge in [-0.25, -0.2) is 0 Å². The van der Waals surface area contributed by atoms with Crippen LogP contribution in [0.2, 0.25) is 0 Å². The highest BCUT2D eigenvalue weighted by molar-refractivity contribution is 8.04. The van der Waals surface area contributed by atoms with E-state index in [-0.39, 0.29) is 5.41 Å². The molecule has 1 radical (unpaired) electrons. The quantitative estimate of drug-likeness (QED) is 0.729. The summed E-state index contributed by atoms with van der Waals surface area (Å²) in [4.78, 5) is 6.39. The Hall–Kier alpha value is -0.900. The fourth-order valence-electron chi connectivity index (χ4n) is 3.23. The Labute approximate surface area is 125 Å². The molecular weight excluding hydrogens is 270 g/mol. The summed E-state index contributed by atoms with van der Waals surface area (Å²) < 4.78 is 0.314. The topological polar surface area (TPSA) is 41.8 Å². The molecule has 1 aliphatic heterocycles. The molecule has 4 heteroatoms. The first-order valence-corrected chi connectivity index (χ1v) is 8.00. The van der Waals surface area contributed by atoms with Crippen LogP contribution in [-0.4, -0.2) is 22.7 Å². The van der Waals surface area contributed by atoms with Gasteiger partial charge in [0, 0.05) is 21.5 Å². The summed E-state index contributed by atoms with van der Waals surface area (Å²) in [7, 11) is 1.59. The third-order valence-corrected chi connectivity index (χ3v) is 6.92. The number of thioether (sulfide) groups is 1. The lowest BCUT2D eigenvalue weighted by Crippen LogP contribution is -2.42. The monoisotopic (exact) mass is 292 g/mol. The lowest BCUT2D eigenvalue weighted by Gasteiger charge is -2.49. The molecule has 1 N–H and O–H groups in total. The molecule has 109 valence electrons. The Morgan fingerprint density at radius 1 is 1.35 bits per heavy atom. The minimum Gasteiger partial charge on any atom is -0.512 e. The zero-order chi connectivity index (χ0) is 14.5. The van der Waals surface area contributed by atoms with Crippen LogP contribution in [0.1, 0.15) is 46.5 Å². The predicted molar refractivity (Wildman–Crippen MR) is 83.7 cm³/mol. The minimum absolute atomic E-state index is 0.129. The first kappa shape index (κ1) is 14.1. The maximum atomic E-state index is 10.2. The number of nitrogens with zero attached hydrogens (tertiary/aromatic N) is 1. The summed E-state index contributed by atoms with van der Waals surface area (Å²) in [5, 5.41) is 14.5. The van der Waals surface area contributed by atoms with E-state index in [1.165, 1.54) is 24.2 Å². The van der Waals surface area contributed by atoms with Crippen LogP contribution in [0.25, 0.3) is 0 Å². The molecular formula is C16H22NO2S. The van der Waals surface area contributed by atoms with Crippen molar-refractivity contribution in [2.24, 2.45) is 10.6 Å². The third kappa shape index (κ3) is 1.92. The van der Waals surface area contributed by atoms with Crippen LogP contribution in [-0.2, 0) is 4.84 Å². The van der Waals surface area contributed by atoms with Gasteiger partial charge in [0.15, 0.2) is 0 Å². The number of aliphatic hydroxyl groups excluding tert-OH is 1. The van der Waals surface area contributed by atoms with Gasteiger partial charge >= 0.3 is 0 Å². The van der Waals surface area contributed by atoms with Crippen molar-refractivity contribution in [1.82, 2.24) is 0 Å². The Balaban J connectivity index is 2.09. The molecule has 1 fully saturated rings. The van der Waals surface area contributed by atoms with Gasteiger partial charge in [0.1, 0.15) is 12.9 Å². The van der Waals surface area contributed by atoms with Crippen molar-refractivity contribution in [2.75, 3.05) is 7.11 Å². The second-order valence-corrected chi connectivity index (χ2v) is 8.04. The number of hydrogen-bond donors (Lipinski definition) is 1. The minimum atomic E-state index is -0.129. The Morgan fingerprint density at radius 2 is 2.05 bits per heavy atom. The van der Waals surface area contributed by atoms with Crippen LogP contribution < -0.4 is 0 Å². The second-order valence-electron chi connectivity index (χ2n) is 6.56. The largest absolute Gasteiger partial charge is 0.512 e. The van der Waals surface area contributed by atoms with Crippen molar-refractivity contribution >= 4 is 17.5 Å². The lowest BCUT2D eigenvalue weighted by atomic mass is 9.73. The van der Waals surface area contributed by atoms with Gasteiger partial charge < -0.3 is 9.94 Å². The zero-order valence-electron chi connectivity index (χ0n) is 12.6. The molecule has 2 aliphatic carbocycles. The van der Waals surface area contributed by atoms with Crippen molar-refractivity contribution in [3.05, 3.63) is 28.2 Å². The molecule has 0 aromatic carbocycles. The number of rotatable bonds is 1. The first-order valence-electron chi connectivity index (χ1n) is 7.19. The fourth-order valence-corrected chi connectivity index (χ4v) is 5.06. The van der Waals surface area contributed by atoms with Gasteiger partial charge in [-0.05, 0) is 30.9 Å². The van der Waals surface area contributed by atoms with Crippen molar-refractivity contribution in [3.63, 3.8) is 0 Å². The smallest absolute Gasteiger partial charge is 0.106 e. The fraction of sp³-hybridized carbons (Fsp3) is 0.625. The summed E-state index contributed by atoms with van der Waals surface area (Å²) in [6.07, 6.45) is 6.62. The highest BCUT2D eigenvalue weighted by atomic mass is 32.2. The van der Waals surface area contributed by atoms with Gasteiger partial charge in [0.25, 0.3) is 0 Å². The molecule has 0 aromatic rings. The number of allylic oxidation sites excluding steroid dienone is 3. The van der Waals surface area contributed by atoms with Gasteiger partial charge in [-0.1, -0.05) is 25.4 Å². The van der Waals surface area contributed by atoms with Gasteiger partial charge in [-0.3, -0.25) is 0 Å². The zero-order valence-corrected chi connectivity index (χ0v) is 13.4. The first-order chi connectivity index (χ1) is 9.39. The molecule has 0 aromatic heterocycles. The van der Waals surface area contributed by atoms with Gasteiger partial charge in [-0.2, -0.15) is 0 Å². The molecule has 0 atom stereocenters. The standard InChI is InChI=1S/C16H22NO2S/c1-10-13(18)8-11-12(17-19-4)9-16(6-5-7-16)20-14(11)15(10,2)3/h8,18H,5-7,9H2,1-4H3. The third-order valence-electron chi connectivity index (χ3n) is 5.00. The van der Waals surface area contributed by atoms with Crippen LogP contribution >= 0.6 is 11.8 Å². The van der Waals surface area contributed by atoms with E-state index in [0.717, 1.165) is 23.3 Å². The molecule has 20 heavy (non-hydrogen) atoms. The van der Waals surface area contributed by atoms with Crippen LogP contribution in [0.5, 0.6) is 0 Å². The Morgan fingerprint density at radius 3 is 2.60 bits per heavy atom. The molecule has 0 unspecified atom stereocenters. The van der Waals surface area contributed by atoms with Crippen molar-refractivity contribution in [1.29, 1.82) is 0 Å². The van der Waals surface area contributed by atoms with E-state index in [4.69, 9.17) is 4.84 Å². The highest BCUT2D eigenvalue weighted by Crippen LogP contribution is 2.61. The molecule has 3 aliphatic rings. The summed E-state index contributed by atoms with van der Waals surface area (Å²) in [6, 6.07) is 0. The van der Waals surface area contributed by atoms with Gasteiger partial charge in [0.05, 0.1) is 12.1 Å². The molecule has 0 bridgehead atoms. The predicted octanol–water partition coefficient (Wildman–Crippen LogP) is 4.38. The van der Waals surface area contributed by atoms with E-state index in [2.05, 4.69) is 19.0 Å². The normalized spacial score (nSPS) is 29.5. The summed E-state index contributed by atoms with van der Waals surface area (Å²) in [6.45, 7) is 6.40. The van der Waals surface area contributed by atoms with Crippen molar-refractivity contribution in [2.45, 2.75) is 51.2 Å². The highest BCUT2D eigenvalue weighted by Gasteiger charge is 2.49. The van der Waals surface area contributed by atoms with E-state index in [0.29, 0.717) is 10.5 Å². The average molecular weight is 292 g/mol. The second kappa shape index (κ2) is 4.55. The molecule has 1 heterocycles. The van der Waals surface area contributed by atoms with Gasteiger partial charge in [0.2, 0.25) is 0 Å². The maximum absolute atomic E-state index is 10.2. The molecule has 3 nitrogen and oxygen atoms in total. The number of oxime groups is 1. The van der Waals surface area contributed by atoms with E-state index in [1.807, 2.05) is 25.1 Å². The number of hydrogen-bond acceptors (Lipinski definition) is 4. The summed E-state index contributed by atoms with van der Waals surface area (Å²) in [5.74, 6) is 0.378. The SMILES string of the molecule is CON=C1CC2(CCC2)SC2=C1[CH]C(O)=C(C)C2(C)C. The Kier molecular flexibility index (Phi) is 3.20. The summed E-state index contributed by atoms with van der Waals surface area (Å²) in [5.41, 5.74) is 2.98. The van der Waals surface area contributed by atoms with E-state index in [1.54, 1.807) is 7.11 Å². The molecule has 3 rings (SSSR count). The maximum Gasteiger partial charge on any atom is 0.106 e. The van der Waals surface area contributed by atoms with E-state index >= 15 is 0 Å². The average Bonchev–Trinajstić information content (AvgIpc) is 2.36. The molecule has 0 saturated heterocycles. The van der Waals surface area contributed by atoms with Crippen LogP contribution in [0.15, 0.2) is 27.0 Å². The van der Waals surface area contributed by atoms with Gasteiger partial charge in [-0.15, -0.1) is 11.8 Å². The molecule has 0 amide bonds. The Bertz CT molecular complexity index is 539. The lowest BCUT2D eigenvalue weighted by molar-refractivity contribution is 0.211. The van der Waals surface area contributed by atoms with Crippen LogP contribution in [0.3, 0.4) is 0 Å². The van der Waals surface area contributed by atoms with Crippen LogP contribution in [0.4, 0.5) is 0 Å². The summed E-state index contributed by atoms with van der Waals surface area (Å²) >= 11 is 2.01. The van der Waals surface area contributed by atoms with E-state index in [9.17, 15) is 5.11 Å². The van der Waals surface area contributed by atoms with Crippen molar-refractivity contribution < 1.29 is 9.94 Å². The number of aliphatic hydroxyl groups is 1. The van der Waals surface area contributed by atoms with Crippen LogP contribution in [0, 0.1) is 11.8 Å².